The van der Waals surface area contributed by atoms with E-state index in [1.54, 1.807) is 18.1 Å². The Labute approximate surface area is 122 Å². The van der Waals surface area contributed by atoms with Gasteiger partial charge < -0.3 is 14.1 Å². The van der Waals surface area contributed by atoms with Gasteiger partial charge in [0.1, 0.15) is 5.75 Å². The Hall–Kier alpha value is -1.94. The summed E-state index contributed by atoms with van der Waals surface area (Å²) < 4.78 is 10.1. The van der Waals surface area contributed by atoms with Crippen LogP contribution in [0.25, 0.3) is 0 Å². The van der Waals surface area contributed by atoms with Gasteiger partial charge in [-0.3, -0.25) is 4.79 Å². The lowest BCUT2D eigenvalue weighted by atomic mass is 10.2. The highest BCUT2D eigenvalue weighted by atomic mass is 35.5. The van der Waals surface area contributed by atoms with Crippen LogP contribution in [0.5, 0.6) is 5.75 Å². The Morgan fingerprint density at radius 3 is 2.50 bits per heavy atom. The van der Waals surface area contributed by atoms with Gasteiger partial charge in [0, 0.05) is 13.1 Å². The van der Waals surface area contributed by atoms with Crippen molar-refractivity contribution in [3.63, 3.8) is 0 Å². The van der Waals surface area contributed by atoms with Crippen molar-refractivity contribution in [3.05, 3.63) is 52.9 Å². The molecule has 0 aliphatic carbocycles. The standard InChI is InChI=1S/C15H16ClNO3/c1-3-17(15(18)13-8-9-20-14(13)16)10-11-4-6-12(19-2)7-5-11/h4-9H,3,10H2,1-2H3. The summed E-state index contributed by atoms with van der Waals surface area (Å²) in [5.41, 5.74) is 1.42. The average Bonchev–Trinajstić information content (AvgIpc) is 2.91. The molecule has 0 bridgehead atoms. The molecule has 0 unspecified atom stereocenters. The van der Waals surface area contributed by atoms with Gasteiger partial charge in [0.25, 0.3) is 5.91 Å². The number of halogens is 1. The van der Waals surface area contributed by atoms with E-state index in [1.807, 2.05) is 31.2 Å². The van der Waals surface area contributed by atoms with E-state index in [0.717, 1.165) is 11.3 Å². The molecule has 0 fully saturated rings. The van der Waals surface area contributed by atoms with E-state index < -0.39 is 0 Å². The van der Waals surface area contributed by atoms with Gasteiger partial charge in [-0.2, -0.15) is 0 Å². The molecule has 20 heavy (non-hydrogen) atoms. The number of ether oxygens (including phenoxy) is 1. The highest BCUT2D eigenvalue weighted by Crippen LogP contribution is 2.20. The molecular formula is C15H16ClNO3. The summed E-state index contributed by atoms with van der Waals surface area (Å²) in [7, 11) is 1.62. The molecule has 4 nitrogen and oxygen atoms in total. The van der Waals surface area contributed by atoms with E-state index in [9.17, 15) is 4.79 Å². The zero-order valence-corrected chi connectivity index (χ0v) is 12.2. The van der Waals surface area contributed by atoms with Gasteiger partial charge in [0.05, 0.1) is 18.9 Å². The lowest BCUT2D eigenvalue weighted by Crippen LogP contribution is -2.30. The molecule has 1 amide bonds. The Morgan fingerprint density at radius 1 is 1.30 bits per heavy atom. The van der Waals surface area contributed by atoms with Crippen molar-refractivity contribution >= 4 is 17.5 Å². The molecule has 0 radical (unpaired) electrons. The highest BCUT2D eigenvalue weighted by molar-refractivity contribution is 6.32. The number of benzene rings is 1. The second-order valence-electron chi connectivity index (χ2n) is 4.28. The first-order valence-corrected chi connectivity index (χ1v) is 6.68. The van der Waals surface area contributed by atoms with E-state index in [2.05, 4.69) is 0 Å². The minimum Gasteiger partial charge on any atom is -0.497 e. The summed E-state index contributed by atoms with van der Waals surface area (Å²) in [6, 6.07) is 9.20. The highest BCUT2D eigenvalue weighted by Gasteiger charge is 2.19. The first-order chi connectivity index (χ1) is 9.65. The van der Waals surface area contributed by atoms with Gasteiger partial charge in [-0.15, -0.1) is 0 Å². The molecule has 0 N–H and O–H groups in total. The minimum absolute atomic E-state index is 0.128. The third kappa shape index (κ3) is 3.14. The van der Waals surface area contributed by atoms with Crippen molar-refractivity contribution in [2.45, 2.75) is 13.5 Å². The molecule has 0 atom stereocenters. The number of carbonyl (C=O) groups is 1. The van der Waals surface area contributed by atoms with Crippen LogP contribution in [0.3, 0.4) is 0 Å². The lowest BCUT2D eigenvalue weighted by molar-refractivity contribution is 0.0752. The lowest BCUT2D eigenvalue weighted by Gasteiger charge is -2.20. The molecule has 0 aliphatic heterocycles. The predicted molar refractivity (Wildman–Crippen MR) is 77.1 cm³/mol. The molecule has 2 rings (SSSR count). The summed E-state index contributed by atoms with van der Waals surface area (Å²) in [4.78, 5) is 14.0. The fourth-order valence-corrected chi connectivity index (χ4v) is 2.09. The number of nitrogens with zero attached hydrogens (tertiary/aromatic N) is 1. The van der Waals surface area contributed by atoms with Gasteiger partial charge in [0.15, 0.2) is 0 Å². The van der Waals surface area contributed by atoms with Crippen molar-refractivity contribution in [2.75, 3.05) is 13.7 Å². The molecule has 0 saturated carbocycles. The van der Waals surface area contributed by atoms with Gasteiger partial charge in [-0.05, 0) is 42.3 Å². The number of hydrogen-bond donors (Lipinski definition) is 0. The molecule has 0 aliphatic rings. The number of methoxy groups -OCH3 is 1. The van der Waals surface area contributed by atoms with Crippen LogP contribution in [-0.2, 0) is 6.54 Å². The molecule has 106 valence electrons. The summed E-state index contributed by atoms with van der Waals surface area (Å²) in [5, 5.41) is 0.128. The normalized spacial score (nSPS) is 10.3. The van der Waals surface area contributed by atoms with E-state index >= 15 is 0 Å². The number of rotatable bonds is 5. The first-order valence-electron chi connectivity index (χ1n) is 6.31. The van der Waals surface area contributed by atoms with Crippen LogP contribution >= 0.6 is 11.6 Å². The topological polar surface area (TPSA) is 42.7 Å². The fourth-order valence-electron chi connectivity index (χ4n) is 1.90. The van der Waals surface area contributed by atoms with E-state index in [0.29, 0.717) is 18.7 Å². The summed E-state index contributed by atoms with van der Waals surface area (Å²) >= 11 is 5.85. The fraction of sp³-hybridized carbons (Fsp3) is 0.267. The number of furan rings is 1. The summed E-state index contributed by atoms with van der Waals surface area (Å²) in [6.45, 7) is 3.03. The van der Waals surface area contributed by atoms with Crippen LogP contribution in [0.1, 0.15) is 22.8 Å². The minimum atomic E-state index is -0.137. The smallest absolute Gasteiger partial charge is 0.259 e. The van der Waals surface area contributed by atoms with Crippen LogP contribution in [0.4, 0.5) is 0 Å². The molecule has 5 heteroatoms. The van der Waals surface area contributed by atoms with Gasteiger partial charge in [-0.1, -0.05) is 12.1 Å². The maximum Gasteiger partial charge on any atom is 0.259 e. The molecular weight excluding hydrogens is 278 g/mol. The molecule has 0 spiro atoms. The number of hydrogen-bond acceptors (Lipinski definition) is 3. The summed E-state index contributed by atoms with van der Waals surface area (Å²) in [6.07, 6.45) is 1.41. The van der Waals surface area contributed by atoms with Gasteiger partial charge in [-0.25, -0.2) is 0 Å². The zero-order chi connectivity index (χ0) is 14.5. The predicted octanol–water partition coefficient (Wildman–Crippen LogP) is 3.60. The van der Waals surface area contributed by atoms with Crippen LogP contribution in [0.15, 0.2) is 41.0 Å². The number of amides is 1. The Kier molecular flexibility index (Phi) is 4.69. The van der Waals surface area contributed by atoms with E-state index in [-0.39, 0.29) is 11.1 Å². The quantitative estimate of drug-likeness (QED) is 0.846. The van der Waals surface area contributed by atoms with Crippen molar-refractivity contribution in [1.82, 2.24) is 4.90 Å². The van der Waals surface area contributed by atoms with E-state index in [4.69, 9.17) is 20.8 Å². The van der Waals surface area contributed by atoms with Crippen molar-refractivity contribution in [2.24, 2.45) is 0 Å². The van der Waals surface area contributed by atoms with E-state index in [1.165, 1.54) is 6.26 Å². The molecule has 0 saturated heterocycles. The monoisotopic (exact) mass is 293 g/mol. The summed E-state index contributed by atoms with van der Waals surface area (Å²) in [5.74, 6) is 0.656. The molecule has 1 aromatic heterocycles. The van der Waals surface area contributed by atoms with Crippen molar-refractivity contribution in [3.8, 4) is 5.75 Å². The maximum atomic E-state index is 12.3. The largest absolute Gasteiger partial charge is 0.497 e. The van der Waals surface area contributed by atoms with Crippen molar-refractivity contribution < 1.29 is 13.9 Å². The second kappa shape index (κ2) is 6.48. The van der Waals surface area contributed by atoms with Crippen LogP contribution in [0, 0.1) is 0 Å². The third-order valence-electron chi connectivity index (χ3n) is 3.05. The second-order valence-corrected chi connectivity index (χ2v) is 4.62. The Balaban J connectivity index is 2.12. The first kappa shape index (κ1) is 14.5. The SMILES string of the molecule is CCN(Cc1ccc(OC)cc1)C(=O)c1ccoc1Cl. The van der Waals surface area contributed by atoms with Crippen molar-refractivity contribution in [1.29, 1.82) is 0 Å². The molecule has 1 aromatic carbocycles. The zero-order valence-electron chi connectivity index (χ0n) is 11.4. The molecule has 1 heterocycles. The number of carbonyl (C=O) groups excluding carboxylic acids is 1. The van der Waals surface area contributed by atoms with Crippen LogP contribution < -0.4 is 4.74 Å². The average molecular weight is 294 g/mol. The Bertz CT molecular complexity index is 577. The molecule has 2 aromatic rings. The van der Waals surface area contributed by atoms with Gasteiger partial charge >= 0.3 is 0 Å². The Morgan fingerprint density at radius 2 is 2.00 bits per heavy atom. The van der Waals surface area contributed by atoms with Gasteiger partial charge in [0.2, 0.25) is 5.22 Å². The van der Waals surface area contributed by atoms with Crippen LogP contribution in [0.2, 0.25) is 5.22 Å². The third-order valence-corrected chi connectivity index (χ3v) is 3.34. The maximum absolute atomic E-state index is 12.3. The van der Waals surface area contributed by atoms with Crippen LogP contribution in [-0.4, -0.2) is 24.5 Å².